The molecule has 3 rings (SSSR count). The van der Waals surface area contributed by atoms with Crippen molar-refractivity contribution in [3.63, 3.8) is 0 Å². The van der Waals surface area contributed by atoms with Crippen LogP contribution in [0.5, 0.6) is 0 Å². The molecule has 0 radical (unpaired) electrons. The molecule has 2 aromatic rings. The monoisotopic (exact) mass is 285 g/mol. The highest BCUT2D eigenvalue weighted by atomic mass is 16.5. The summed E-state index contributed by atoms with van der Waals surface area (Å²) in [6.45, 7) is 9.10. The molecule has 4 nitrogen and oxygen atoms in total. The number of rotatable bonds is 4. The van der Waals surface area contributed by atoms with Gasteiger partial charge in [-0.15, -0.1) is 0 Å². The summed E-state index contributed by atoms with van der Waals surface area (Å²) >= 11 is 0. The van der Waals surface area contributed by atoms with E-state index in [0.29, 0.717) is 6.04 Å². The molecule has 112 valence electrons. The van der Waals surface area contributed by atoms with Gasteiger partial charge in [0.25, 0.3) is 0 Å². The number of aryl methyl sites for hydroxylation is 1. The first-order valence-corrected chi connectivity index (χ1v) is 7.65. The first-order valence-electron chi connectivity index (χ1n) is 7.65. The molecule has 1 atom stereocenters. The van der Waals surface area contributed by atoms with E-state index in [1.807, 2.05) is 6.07 Å². The number of pyridine rings is 1. The summed E-state index contributed by atoms with van der Waals surface area (Å²) in [5.74, 6) is 0.995. The van der Waals surface area contributed by atoms with Crippen LogP contribution in [0, 0.1) is 6.92 Å². The Hall–Kier alpha value is -1.65. The third kappa shape index (κ3) is 3.52. The minimum absolute atomic E-state index is 0.371. The number of hydrogen-bond acceptors (Lipinski definition) is 4. The van der Waals surface area contributed by atoms with Crippen LogP contribution in [0.15, 0.2) is 30.3 Å². The second-order valence-corrected chi connectivity index (χ2v) is 5.80. The number of nitrogens with one attached hydrogen (secondary N) is 1. The Morgan fingerprint density at radius 2 is 2.05 bits per heavy atom. The zero-order valence-corrected chi connectivity index (χ0v) is 12.8. The Morgan fingerprint density at radius 3 is 2.86 bits per heavy atom. The fourth-order valence-corrected chi connectivity index (χ4v) is 2.82. The van der Waals surface area contributed by atoms with Gasteiger partial charge >= 0.3 is 0 Å². The maximum absolute atomic E-state index is 5.39. The van der Waals surface area contributed by atoms with E-state index in [-0.39, 0.29) is 0 Å². The number of para-hydroxylation sites is 1. The third-order valence-corrected chi connectivity index (χ3v) is 3.93. The molecule has 1 N–H and O–H groups in total. The van der Waals surface area contributed by atoms with E-state index < -0.39 is 0 Å². The van der Waals surface area contributed by atoms with Crippen LogP contribution in [-0.4, -0.2) is 48.8 Å². The highest BCUT2D eigenvalue weighted by Crippen LogP contribution is 2.20. The quantitative estimate of drug-likeness (QED) is 0.937. The maximum Gasteiger partial charge on any atom is 0.129 e. The van der Waals surface area contributed by atoms with E-state index in [4.69, 9.17) is 9.72 Å². The molecule has 0 bridgehead atoms. The number of ether oxygens (including phenoxy) is 1. The largest absolute Gasteiger partial charge is 0.379 e. The smallest absolute Gasteiger partial charge is 0.129 e. The van der Waals surface area contributed by atoms with Gasteiger partial charge in [-0.25, -0.2) is 4.98 Å². The SMILES string of the molecule is Cc1cc2ccccc2nc1N[C@@H](C)CN1CCOCC1. The number of benzene rings is 1. The van der Waals surface area contributed by atoms with Gasteiger partial charge in [0.2, 0.25) is 0 Å². The van der Waals surface area contributed by atoms with Crippen LogP contribution in [0.1, 0.15) is 12.5 Å². The number of fused-ring (bicyclic) bond motifs is 1. The molecule has 1 aliphatic heterocycles. The average molecular weight is 285 g/mol. The second kappa shape index (κ2) is 6.41. The lowest BCUT2D eigenvalue weighted by Gasteiger charge is -2.29. The van der Waals surface area contributed by atoms with Crippen LogP contribution in [-0.2, 0) is 4.74 Å². The lowest BCUT2D eigenvalue weighted by Crippen LogP contribution is -2.42. The highest BCUT2D eigenvalue weighted by Gasteiger charge is 2.14. The van der Waals surface area contributed by atoms with Gasteiger partial charge in [0.1, 0.15) is 5.82 Å². The second-order valence-electron chi connectivity index (χ2n) is 5.80. The van der Waals surface area contributed by atoms with Gasteiger partial charge in [-0.3, -0.25) is 4.90 Å². The fourth-order valence-electron chi connectivity index (χ4n) is 2.82. The summed E-state index contributed by atoms with van der Waals surface area (Å²) < 4.78 is 5.39. The van der Waals surface area contributed by atoms with Crippen LogP contribution >= 0.6 is 0 Å². The summed E-state index contributed by atoms with van der Waals surface area (Å²) in [6, 6.07) is 10.8. The van der Waals surface area contributed by atoms with Crippen molar-refractivity contribution >= 4 is 16.7 Å². The van der Waals surface area contributed by atoms with Crippen molar-refractivity contribution in [2.75, 3.05) is 38.2 Å². The van der Waals surface area contributed by atoms with Crippen molar-refractivity contribution in [3.8, 4) is 0 Å². The Morgan fingerprint density at radius 1 is 1.29 bits per heavy atom. The number of hydrogen-bond donors (Lipinski definition) is 1. The zero-order valence-electron chi connectivity index (χ0n) is 12.8. The summed E-state index contributed by atoms with van der Waals surface area (Å²) in [4.78, 5) is 7.20. The predicted molar refractivity (Wildman–Crippen MR) is 86.8 cm³/mol. The van der Waals surface area contributed by atoms with Gasteiger partial charge in [0.15, 0.2) is 0 Å². The van der Waals surface area contributed by atoms with E-state index in [0.717, 1.165) is 44.2 Å². The first-order chi connectivity index (χ1) is 10.2. The Labute approximate surface area is 126 Å². The third-order valence-electron chi connectivity index (χ3n) is 3.93. The molecular weight excluding hydrogens is 262 g/mol. The Bertz CT molecular complexity index is 608. The van der Waals surface area contributed by atoms with Gasteiger partial charge in [-0.2, -0.15) is 0 Å². The summed E-state index contributed by atoms with van der Waals surface area (Å²) in [6.07, 6.45) is 0. The average Bonchev–Trinajstić information content (AvgIpc) is 2.49. The van der Waals surface area contributed by atoms with E-state index >= 15 is 0 Å². The summed E-state index contributed by atoms with van der Waals surface area (Å²) in [5.41, 5.74) is 2.24. The molecule has 0 spiro atoms. The van der Waals surface area contributed by atoms with E-state index in [1.54, 1.807) is 0 Å². The summed E-state index contributed by atoms with van der Waals surface area (Å²) in [5, 5.41) is 4.75. The van der Waals surface area contributed by atoms with Crippen LogP contribution in [0.4, 0.5) is 5.82 Å². The number of anilines is 1. The number of morpholine rings is 1. The first kappa shape index (κ1) is 14.3. The molecule has 0 unspecified atom stereocenters. The molecule has 1 aliphatic rings. The highest BCUT2D eigenvalue weighted by molar-refractivity contribution is 5.81. The Balaban J connectivity index is 1.70. The van der Waals surface area contributed by atoms with Crippen molar-refractivity contribution in [3.05, 3.63) is 35.9 Å². The normalized spacial score (nSPS) is 17.8. The molecule has 4 heteroatoms. The van der Waals surface area contributed by atoms with E-state index in [9.17, 15) is 0 Å². The van der Waals surface area contributed by atoms with Gasteiger partial charge in [-0.05, 0) is 31.5 Å². The molecule has 1 aromatic heterocycles. The van der Waals surface area contributed by atoms with Crippen LogP contribution < -0.4 is 5.32 Å². The molecule has 1 saturated heterocycles. The standard InChI is InChI=1S/C17H23N3O/c1-13-11-15-5-3-4-6-16(15)19-17(13)18-14(2)12-20-7-9-21-10-8-20/h3-6,11,14H,7-10,12H2,1-2H3,(H,18,19)/t14-/m0/s1. The molecule has 0 aliphatic carbocycles. The molecule has 0 amide bonds. The lowest BCUT2D eigenvalue weighted by atomic mass is 10.1. The zero-order chi connectivity index (χ0) is 14.7. The number of aromatic nitrogens is 1. The minimum Gasteiger partial charge on any atom is -0.379 e. The molecule has 1 aromatic carbocycles. The summed E-state index contributed by atoms with van der Waals surface area (Å²) in [7, 11) is 0. The maximum atomic E-state index is 5.39. The van der Waals surface area contributed by atoms with Crippen molar-refractivity contribution in [2.45, 2.75) is 19.9 Å². The molecule has 1 fully saturated rings. The van der Waals surface area contributed by atoms with Gasteiger partial charge in [0, 0.05) is 31.1 Å². The van der Waals surface area contributed by atoms with Gasteiger partial charge < -0.3 is 10.1 Å². The minimum atomic E-state index is 0.371. The van der Waals surface area contributed by atoms with Crippen LogP contribution in [0.25, 0.3) is 10.9 Å². The van der Waals surface area contributed by atoms with Crippen molar-refractivity contribution in [1.29, 1.82) is 0 Å². The Kier molecular flexibility index (Phi) is 4.36. The van der Waals surface area contributed by atoms with Crippen LogP contribution in [0.3, 0.4) is 0 Å². The topological polar surface area (TPSA) is 37.4 Å². The van der Waals surface area contributed by atoms with E-state index in [2.05, 4.69) is 48.3 Å². The molecule has 0 saturated carbocycles. The van der Waals surface area contributed by atoms with Crippen LogP contribution in [0.2, 0.25) is 0 Å². The van der Waals surface area contributed by atoms with E-state index in [1.165, 1.54) is 10.9 Å². The van der Waals surface area contributed by atoms with Gasteiger partial charge in [0.05, 0.1) is 18.7 Å². The number of nitrogens with zero attached hydrogens (tertiary/aromatic N) is 2. The van der Waals surface area contributed by atoms with Crippen molar-refractivity contribution in [1.82, 2.24) is 9.88 Å². The predicted octanol–water partition coefficient (Wildman–Crippen LogP) is 2.68. The lowest BCUT2D eigenvalue weighted by molar-refractivity contribution is 0.0368. The molecule has 2 heterocycles. The van der Waals surface area contributed by atoms with Crippen molar-refractivity contribution in [2.24, 2.45) is 0 Å². The van der Waals surface area contributed by atoms with Crippen molar-refractivity contribution < 1.29 is 4.74 Å². The fraction of sp³-hybridized carbons (Fsp3) is 0.471. The molecular formula is C17H23N3O. The molecule has 21 heavy (non-hydrogen) atoms. The van der Waals surface area contributed by atoms with Gasteiger partial charge in [-0.1, -0.05) is 18.2 Å².